The van der Waals surface area contributed by atoms with Gasteiger partial charge in [-0.25, -0.2) is 5.01 Å². The summed E-state index contributed by atoms with van der Waals surface area (Å²) in [7, 11) is 0. The molecule has 2 fully saturated rings. The Morgan fingerprint density at radius 1 is 0.952 bits per heavy atom. The standard InChI is InChI=1S/C30H25Cl2N3O7/c1-17-2-12-23-25(14-17)30(39)34(29(23)38)33(28(37)24-13-5-19(31)15-26(24)32)16-27(36)18-3-8-21(9-4-18)42-22-10-6-20(7-11-22)35(40)41/h3-11,13,15,17,23,25H,2,12,14,16H2,1H3/t17-,23-,25+/m1/s1. The summed E-state index contributed by atoms with van der Waals surface area (Å²) in [5.74, 6) is -2.44. The number of nitro benzene ring substituents is 1. The minimum Gasteiger partial charge on any atom is -0.457 e. The maximum atomic E-state index is 13.8. The zero-order chi connectivity index (χ0) is 30.1. The average molecular weight is 610 g/mol. The van der Waals surface area contributed by atoms with Gasteiger partial charge in [-0.2, -0.15) is 5.01 Å². The lowest BCUT2D eigenvalue weighted by molar-refractivity contribution is -0.384. The van der Waals surface area contributed by atoms with E-state index in [-0.39, 0.29) is 27.8 Å². The Morgan fingerprint density at radius 2 is 1.57 bits per heavy atom. The van der Waals surface area contributed by atoms with Gasteiger partial charge in [0.05, 0.1) is 27.3 Å². The maximum absolute atomic E-state index is 13.8. The summed E-state index contributed by atoms with van der Waals surface area (Å²) in [5.41, 5.74) is 0.117. The molecule has 2 aliphatic rings. The molecule has 12 heteroatoms. The largest absolute Gasteiger partial charge is 0.457 e. The van der Waals surface area contributed by atoms with E-state index in [9.17, 15) is 29.3 Å². The average Bonchev–Trinajstić information content (AvgIpc) is 3.20. The molecule has 0 aromatic heterocycles. The summed E-state index contributed by atoms with van der Waals surface area (Å²) in [4.78, 5) is 64.5. The zero-order valence-electron chi connectivity index (χ0n) is 22.4. The van der Waals surface area contributed by atoms with E-state index in [2.05, 4.69) is 0 Å². The number of hydrazine groups is 1. The first-order valence-corrected chi connectivity index (χ1v) is 14.0. The van der Waals surface area contributed by atoms with Gasteiger partial charge in [-0.1, -0.05) is 30.1 Å². The van der Waals surface area contributed by atoms with Crippen LogP contribution in [-0.4, -0.2) is 45.0 Å². The Morgan fingerprint density at radius 3 is 2.19 bits per heavy atom. The molecule has 1 aliphatic heterocycles. The van der Waals surface area contributed by atoms with Crippen molar-refractivity contribution in [2.45, 2.75) is 26.2 Å². The molecule has 0 spiro atoms. The summed E-state index contributed by atoms with van der Waals surface area (Å²) < 4.78 is 5.70. The van der Waals surface area contributed by atoms with Crippen LogP contribution in [0.1, 0.15) is 46.9 Å². The summed E-state index contributed by atoms with van der Waals surface area (Å²) in [5, 5.41) is 12.9. The number of nitrogens with zero attached hydrogens (tertiary/aromatic N) is 3. The SMILES string of the molecule is C[C@@H]1CC[C@H]2C(=O)N(N(CC(=O)c3ccc(Oc4ccc([N+](=O)[O-])cc4)cc3)C(=O)c3ccc(Cl)cc3Cl)C(=O)[C@H]2C1. The molecule has 0 unspecified atom stereocenters. The van der Waals surface area contributed by atoms with Gasteiger partial charge in [0.1, 0.15) is 18.0 Å². The Kier molecular flexibility index (Phi) is 8.29. The van der Waals surface area contributed by atoms with Crippen LogP contribution in [0.3, 0.4) is 0 Å². The number of imide groups is 1. The van der Waals surface area contributed by atoms with Crippen molar-refractivity contribution in [3.63, 3.8) is 0 Å². The summed E-state index contributed by atoms with van der Waals surface area (Å²) in [6.07, 6.45) is 1.85. The van der Waals surface area contributed by atoms with Crippen LogP contribution in [-0.2, 0) is 9.59 Å². The van der Waals surface area contributed by atoms with Crippen LogP contribution < -0.4 is 4.74 Å². The molecule has 1 heterocycles. The van der Waals surface area contributed by atoms with Crippen LogP contribution >= 0.6 is 23.2 Å². The molecule has 1 saturated heterocycles. The van der Waals surface area contributed by atoms with E-state index in [1.165, 1.54) is 66.7 Å². The number of rotatable bonds is 8. The topological polar surface area (TPSA) is 127 Å². The van der Waals surface area contributed by atoms with Crippen LogP contribution in [0, 0.1) is 27.9 Å². The summed E-state index contributed by atoms with van der Waals surface area (Å²) >= 11 is 12.3. The summed E-state index contributed by atoms with van der Waals surface area (Å²) in [6, 6.07) is 15.7. The second-order valence-corrected chi connectivity index (χ2v) is 11.3. The highest BCUT2D eigenvalue weighted by molar-refractivity contribution is 6.36. The van der Waals surface area contributed by atoms with Gasteiger partial charge in [0.25, 0.3) is 23.4 Å². The molecule has 0 bridgehead atoms. The van der Waals surface area contributed by atoms with Crippen LogP contribution in [0.5, 0.6) is 11.5 Å². The normalized spacial score (nSPS) is 19.8. The van der Waals surface area contributed by atoms with E-state index < -0.39 is 46.8 Å². The van der Waals surface area contributed by atoms with Crippen molar-refractivity contribution in [2.75, 3.05) is 6.54 Å². The molecular weight excluding hydrogens is 585 g/mol. The highest BCUT2D eigenvalue weighted by Gasteiger charge is 2.53. The van der Waals surface area contributed by atoms with Gasteiger partial charge < -0.3 is 4.74 Å². The number of fused-ring (bicyclic) bond motifs is 1. The van der Waals surface area contributed by atoms with Gasteiger partial charge in [0.15, 0.2) is 5.78 Å². The number of hydrogen-bond acceptors (Lipinski definition) is 7. The third-order valence-corrected chi connectivity index (χ3v) is 8.10. The molecule has 3 aromatic carbocycles. The molecule has 10 nitrogen and oxygen atoms in total. The van der Waals surface area contributed by atoms with Gasteiger partial charge in [0, 0.05) is 22.7 Å². The highest BCUT2D eigenvalue weighted by Crippen LogP contribution is 2.41. The Labute approximate surface area is 250 Å². The number of amides is 3. The lowest BCUT2D eigenvalue weighted by atomic mass is 9.76. The van der Waals surface area contributed by atoms with Gasteiger partial charge in [0.2, 0.25) is 0 Å². The smallest absolute Gasteiger partial charge is 0.274 e. The molecular formula is C30H25Cl2N3O7. The van der Waals surface area contributed by atoms with Gasteiger partial charge >= 0.3 is 0 Å². The number of nitro groups is 1. The predicted molar refractivity (Wildman–Crippen MR) is 153 cm³/mol. The molecule has 3 amide bonds. The molecule has 1 saturated carbocycles. The first kappa shape index (κ1) is 29.2. The minimum atomic E-state index is -0.781. The number of carbonyl (C=O) groups is 4. The van der Waals surface area contributed by atoms with E-state index >= 15 is 0 Å². The van der Waals surface area contributed by atoms with Crippen LogP contribution in [0.2, 0.25) is 10.0 Å². The third kappa shape index (κ3) is 5.86. The van der Waals surface area contributed by atoms with Gasteiger partial charge in [-0.3, -0.25) is 29.3 Å². The minimum absolute atomic E-state index is 0.00967. The number of hydrogen-bond donors (Lipinski definition) is 0. The highest BCUT2D eigenvalue weighted by atomic mass is 35.5. The van der Waals surface area contributed by atoms with Crippen molar-refractivity contribution in [2.24, 2.45) is 17.8 Å². The number of benzene rings is 3. The second-order valence-electron chi connectivity index (χ2n) is 10.4. The van der Waals surface area contributed by atoms with Crippen molar-refractivity contribution in [1.82, 2.24) is 10.0 Å². The first-order valence-electron chi connectivity index (χ1n) is 13.2. The lowest BCUT2D eigenvalue weighted by Crippen LogP contribution is -2.52. The lowest BCUT2D eigenvalue weighted by Gasteiger charge is -2.30. The monoisotopic (exact) mass is 609 g/mol. The van der Waals surface area contributed by atoms with E-state index in [1.807, 2.05) is 6.92 Å². The van der Waals surface area contributed by atoms with Crippen LogP contribution in [0.15, 0.2) is 66.7 Å². The number of ether oxygens (including phenoxy) is 1. The molecule has 3 aromatic rings. The van der Waals surface area contributed by atoms with E-state index in [0.717, 1.165) is 16.4 Å². The molecule has 216 valence electrons. The molecule has 42 heavy (non-hydrogen) atoms. The van der Waals surface area contributed by atoms with Crippen molar-refractivity contribution in [1.29, 1.82) is 0 Å². The molecule has 0 N–H and O–H groups in total. The molecule has 3 atom stereocenters. The molecule has 1 aliphatic carbocycles. The maximum Gasteiger partial charge on any atom is 0.274 e. The summed E-state index contributed by atoms with van der Waals surface area (Å²) in [6.45, 7) is 1.43. The first-order chi connectivity index (χ1) is 20.0. The van der Waals surface area contributed by atoms with Gasteiger partial charge in [-0.05, 0) is 79.8 Å². The Balaban J connectivity index is 1.39. The van der Waals surface area contributed by atoms with E-state index in [1.54, 1.807) is 0 Å². The fourth-order valence-corrected chi connectivity index (χ4v) is 5.84. The quantitative estimate of drug-likeness (QED) is 0.126. The third-order valence-electron chi connectivity index (χ3n) is 7.55. The van der Waals surface area contributed by atoms with Crippen LogP contribution in [0.25, 0.3) is 0 Å². The van der Waals surface area contributed by atoms with Crippen molar-refractivity contribution >= 4 is 52.4 Å². The fourth-order valence-electron chi connectivity index (χ4n) is 5.35. The fraction of sp³-hybridized carbons (Fsp3) is 0.267. The number of Topliss-reactive ketones (excluding diaryl/α,β-unsaturated/α-hetero) is 1. The Bertz CT molecular complexity index is 1580. The van der Waals surface area contributed by atoms with E-state index in [4.69, 9.17) is 27.9 Å². The number of ketones is 1. The molecule has 5 rings (SSSR count). The number of non-ortho nitro benzene ring substituents is 1. The Hall–Kier alpha value is -4.28. The van der Waals surface area contributed by atoms with E-state index in [0.29, 0.717) is 29.4 Å². The van der Waals surface area contributed by atoms with Crippen molar-refractivity contribution in [3.8, 4) is 11.5 Å². The van der Waals surface area contributed by atoms with Crippen molar-refractivity contribution in [3.05, 3.63) is 98.0 Å². The number of carbonyl (C=O) groups excluding carboxylic acids is 4. The number of halogens is 2. The zero-order valence-corrected chi connectivity index (χ0v) is 23.9. The van der Waals surface area contributed by atoms with Crippen LogP contribution in [0.4, 0.5) is 5.69 Å². The predicted octanol–water partition coefficient (Wildman–Crippen LogP) is 6.36. The molecule has 0 radical (unpaired) electrons. The van der Waals surface area contributed by atoms with Gasteiger partial charge in [-0.15, -0.1) is 0 Å². The van der Waals surface area contributed by atoms with Crippen molar-refractivity contribution < 1.29 is 28.8 Å². The second kappa shape index (κ2) is 11.9.